The molecule has 13 heavy (non-hydrogen) atoms. The Morgan fingerprint density at radius 1 is 1.62 bits per heavy atom. The van der Waals surface area contributed by atoms with E-state index in [1.807, 2.05) is 0 Å². The average molecular weight is 201 g/mol. The van der Waals surface area contributed by atoms with Crippen LogP contribution in [0, 0.1) is 0 Å². The van der Waals surface area contributed by atoms with E-state index >= 15 is 0 Å². The summed E-state index contributed by atoms with van der Waals surface area (Å²) in [6, 6.07) is 0. The maximum Gasteiger partial charge on any atom is 0.213 e. The highest BCUT2D eigenvalue weighted by atomic mass is 32.1. The third-order valence-corrected chi connectivity index (χ3v) is 1.42. The summed E-state index contributed by atoms with van der Waals surface area (Å²) in [5.41, 5.74) is 0. The van der Waals surface area contributed by atoms with Crippen molar-refractivity contribution in [1.82, 2.24) is 4.98 Å². The number of aliphatic carboxylic acids is 1. The van der Waals surface area contributed by atoms with E-state index in [1.165, 1.54) is 11.3 Å². The highest BCUT2D eigenvalue weighted by Crippen LogP contribution is 2.07. The van der Waals surface area contributed by atoms with Crippen molar-refractivity contribution in [2.45, 2.75) is 0 Å². The summed E-state index contributed by atoms with van der Waals surface area (Å²) in [7, 11) is 0. The maximum absolute atomic E-state index is 9.73. The van der Waals surface area contributed by atoms with Crippen LogP contribution in [-0.4, -0.2) is 23.6 Å². The third-order valence-electron chi connectivity index (χ3n) is 0.711. The van der Waals surface area contributed by atoms with Gasteiger partial charge in [-0.05, 0) is 0 Å². The third kappa shape index (κ3) is 6.63. The number of carboxylic acid groups (broad SMARTS) is 1. The summed E-state index contributed by atoms with van der Waals surface area (Å²) in [6.45, 7) is 0. The van der Waals surface area contributed by atoms with Crippen LogP contribution >= 0.6 is 11.3 Å². The number of amides is 1. The minimum Gasteiger partial charge on any atom is -0.542 e. The van der Waals surface area contributed by atoms with Crippen molar-refractivity contribution < 1.29 is 19.5 Å². The highest BCUT2D eigenvalue weighted by molar-refractivity contribution is 7.13. The molecule has 0 bridgehead atoms. The number of aldehydes is 1. The second kappa shape index (κ2) is 6.92. The summed E-state index contributed by atoms with van der Waals surface area (Å²) in [4.78, 5) is 31.2. The van der Waals surface area contributed by atoms with Gasteiger partial charge in [-0.15, -0.1) is 11.3 Å². The lowest BCUT2D eigenvalue weighted by atomic mass is 10.8. The Bertz CT molecular complexity index is 272. The molecule has 7 heteroatoms. The number of aromatic nitrogens is 1. The Morgan fingerprint density at radius 3 is 2.54 bits per heavy atom. The fourth-order valence-corrected chi connectivity index (χ4v) is 0.834. The molecule has 0 saturated heterocycles. The van der Waals surface area contributed by atoms with E-state index in [9.17, 15) is 4.79 Å². The van der Waals surface area contributed by atoms with Crippen molar-refractivity contribution in [2.75, 3.05) is 5.32 Å². The van der Waals surface area contributed by atoms with Gasteiger partial charge in [-0.25, -0.2) is 4.98 Å². The van der Waals surface area contributed by atoms with E-state index in [1.54, 1.807) is 11.6 Å². The standard InChI is InChI=1S/C4H4N2OS.C2H2O3/c7-3-6-4-5-1-2-8-4;3-1-2(4)5/h1-3H,(H,5,6,7);1H,(H,4,5)/p-1. The molecule has 0 spiro atoms. The average Bonchev–Trinajstić information content (AvgIpc) is 2.59. The first-order valence-corrected chi connectivity index (χ1v) is 3.84. The topological polar surface area (TPSA) is 99.2 Å². The molecule has 0 aliphatic rings. The molecule has 70 valence electrons. The zero-order chi connectivity index (χ0) is 10.1. The van der Waals surface area contributed by atoms with Gasteiger partial charge in [0.25, 0.3) is 0 Å². The molecule has 1 amide bonds. The monoisotopic (exact) mass is 201 g/mol. The number of hydrogen-bond donors (Lipinski definition) is 1. The Balaban J connectivity index is 0.000000252. The van der Waals surface area contributed by atoms with Crippen LogP contribution in [0.2, 0.25) is 0 Å². The first kappa shape index (κ1) is 11.2. The highest BCUT2D eigenvalue weighted by Gasteiger charge is 1.86. The molecule has 0 unspecified atom stereocenters. The van der Waals surface area contributed by atoms with E-state index in [2.05, 4.69) is 10.3 Å². The Hall–Kier alpha value is -1.76. The smallest absolute Gasteiger partial charge is 0.213 e. The lowest BCUT2D eigenvalue weighted by Crippen LogP contribution is -2.22. The normalized spacial score (nSPS) is 7.69. The number of carboxylic acids is 1. The molecule has 1 aromatic heterocycles. The van der Waals surface area contributed by atoms with Crippen molar-refractivity contribution >= 4 is 35.1 Å². The number of nitrogens with one attached hydrogen (secondary N) is 1. The molecule has 1 aromatic rings. The second-order valence-electron chi connectivity index (χ2n) is 1.54. The van der Waals surface area contributed by atoms with Gasteiger partial charge in [-0.2, -0.15) is 0 Å². The van der Waals surface area contributed by atoms with Gasteiger partial charge >= 0.3 is 0 Å². The quantitative estimate of drug-likeness (QED) is 0.481. The first-order valence-electron chi connectivity index (χ1n) is 2.96. The van der Waals surface area contributed by atoms with Crippen LogP contribution in [0.3, 0.4) is 0 Å². The van der Waals surface area contributed by atoms with E-state index in [0.717, 1.165) is 0 Å². The largest absolute Gasteiger partial charge is 0.542 e. The number of hydrogen-bond acceptors (Lipinski definition) is 6. The molecule has 0 aromatic carbocycles. The number of nitrogens with zero attached hydrogens (tertiary/aromatic N) is 1. The zero-order valence-electron chi connectivity index (χ0n) is 6.30. The van der Waals surface area contributed by atoms with Crippen LogP contribution in [-0.2, 0) is 14.4 Å². The lowest BCUT2D eigenvalue weighted by Gasteiger charge is -1.82. The van der Waals surface area contributed by atoms with Crippen LogP contribution < -0.4 is 10.4 Å². The first-order chi connectivity index (χ1) is 6.20. The number of rotatable bonds is 3. The number of carbonyl (C=O) groups excluding carboxylic acids is 3. The minimum absolute atomic E-state index is 0.278. The molecule has 6 nitrogen and oxygen atoms in total. The van der Waals surface area contributed by atoms with E-state index in [4.69, 9.17) is 14.7 Å². The van der Waals surface area contributed by atoms with Crippen molar-refractivity contribution in [3.8, 4) is 0 Å². The van der Waals surface area contributed by atoms with Gasteiger partial charge < -0.3 is 15.2 Å². The molecule has 1 rings (SSSR count). The van der Waals surface area contributed by atoms with Gasteiger partial charge in [0.2, 0.25) is 6.41 Å². The van der Waals surface area contributed by atoms with Crippen LogP contribution in [0.4, 0.5) is 5.13 Å². The molecule has 0 atom stereocenters. The van der Waals surface area contributed by atoms with Gasteiger partial charge in [-0.1, -0.05) is 0 Å². The summed E-state index contributed by atoms with van der Waals surface area (Å²) < 4.78 is 0. The summed E-state index contributed by atoms with van der Waals surface area (Å²) in [6.07, 6.45) is 1.97. The molecule has 0 fully saturated rings. The van der Waals surface area contributed by atoms with Crippen molar-refractivity contribution in [1.29, 1.82) is 0 Å². The molecule has 0 aliphatic heterocycles. The predicted octanol–water partition coefficient (Wildman–Crippen LogP) is -1.35. The van der Waals surface area contributed by atoms with Crippen LogP contribution in [0.25, 0.3) is 0 Å². The molecule has 0 radical (unpaired) electrons. The van der Waals surface area contributed by atoms with Gasteiger partial charge in [0.15, 0.2) is 11.4 Å². The number of anilines is 1. The van der Waals surface area contributed by atoms with Crippen molar-refractivity contribution in [3.05, 3.63) is 11.6 Å². The van der Waals surface area contributed by atoms with E-state index in [0.29, 0.717) is 11.5 Å². The Kier molecular flexibility index (Phi) is 5.98. The molecule has 0 saturated carbocycles. The zero-order valence-corrected chi connectivity index (χ0v) is 7.11. The fourth-order valence-electron chi connectivity index (χ4n) is 0.345. The van der Waals surface area contributed by atoms with Crippen LogP contribution in [0.15, 0.2) is 11.6 Å². The Labute approximate surface area is 77.2 Å². The lowest BCUT2D eigenvalue weighted by molar-refractivity contribution is -0.298. The summed E-state index contributed by atoms with van der Waals surface area (Å²) in [5.74, 6) is -1.68. The second-order valence-corrected chi connectivity index (χ2v) is 2.43. The van der Waals surface area contributed by atoms with Crippen molar-refractivity contribution in [2.24, 2.45) is 0 Å². The predicted molar refractivity (Wildman–Crippen MR) is 42.9 cm³/mol. The molecular weight excluding hydrogens is 196 g/mol. The van der Waals surface area contributed by atoms with Crippen LogP contribution in [0.5, 0.6) is 0 Å². The van der Waals surface area contributed by atoms with E-state index in [-0.39, 0.29) is 6.29 Å². The molecule has 1 N–H and O–H groups in total. The van der Waals surface area contributed by atoms with Gasteiger partial charge in [0.1, 0.15) is 5.97 Å². The molecule has 0 aliphatic carbocycles. The SMILES string of the molecule is O=CC(=O)[O-].O=CNc1nccs1. The van der Waals surface area contributed by atoms with Gasteiger partial charge in [-0.3, -0.25) is 9.59 Å². The Morgan fingerprint density at radius 2 is 2.23 bits per heavy atom. The van der Waals surface area contributed by atoms with Gasteiger partial charge in [0, 0.05) is 11.6 Å². The van der Waals surface area contributed by atoms with Crippen molar-refractivity contribution in [3.63, 3.8) is 0 Å². The minimum atomic E-state index is -1.68. The van der Waals surface area contributed by atoms with E-state index < -0.39 is 5.97 Å². The van der Waals surface area contributed by atoms with Crippen LogP contribution in [0.1, 0.15) is 0 Å². The number of carbonyl (C=O) groups is 3. The summed E-state index contributed by atoms with van der Waals surface area (Å²) in [5, 5.41) is 13.7. The maximum atomic E-state index is 9.73. The fraction of sp³-hybridized carbons (Fsp3) is 0. The summed E-state index contributed by atoms with van der Waals surface area (Å²) >= 11 is 1.39. The number of thiazole rings is 1. The molecule has 1 heterocycles. The molecular formula is C6H5N2O4S-. The van der Waals surface area contributed by atoms with Gasteiger partial charge in [0.05, 0.1) is 0 Å².